The van der Waals surface area contributed by atoms with Crippen LogP contribution in [-0.4, -0.2) is 37.9 Å². The van der Waals surface area contributed by atoms with E-state index in [1.165, 1.54) is 0 Å². The van der Waals surface area contributed by atoms with Crippen molar-refractivity contribution in [1.82, 2.24) is 0 Å². The molecule has 0 unspecified atom stereocenters. The molecule has 124 valence electrons. The molecular weight excluding hydrogens is 282 g/mol. The molecule has 0 spiro atoms. The molecule has 0 aromatic heterocycles. The van der Waals surface area contributed by atoms with Gasteiger partial charge in [0, 0.05) is 18.9 Å². The van der Waals surface area contributed by atoms with E-state index < -0.39 is 5.60 Å². The van der Waals surface area contributed by atoms with Crippen LogP contribution in [0.15, 0.2) is 24.3 Å². The minimum absolute atomic E-state index is 0.137. The summed E-state index contributed by atoms with van der Waals surface area (Å²) in [6.07, 6.45) is 0.616. The van der Waals surface area contributed by atoms with Gasteiger partial charge in [0.05, 0.1) is 6.61 Å². The van der Waals surface area contributed by atoms with Gasteiger partial charge < -0.3 is 19.5 Å². The van der Waals surface area contributed by atoms with Gasteiger partial charge in [0.25, 0.3) is 5.91 Å². The molecule has 1 aromatic carbocycles. The van der Waals surface area contributed by atoms with E-state index in [4.69, 9.17) is 14.2 Å². The summed E-state index contributed by atoms with van der Waals surface area (Å²) in [6, 6.07) is 7.28. The van der Waals surface area contributed by atoms with Gasteiger partial charge in [0.2, 0.25) is 0 Å². The van der Waals surface area contributed by atoms with E-state index in [0.29, 0.717) is 32.8 Å². The Labute approximate surface area is 132 Å². The van der Waals surface area contributed by atoms with E-state index in [1.54, 1.807) is 6.92 Å². The Kier molecular flexibility index (Phi) is 7.91. The van der Waals surface area contributed by atoms with E-state index in [0.717, 1.165) is 11.4 Å². The Bertz CT molecular complexity index is 446. The molecule has 0 aliphatic heterocycles. The lowest BCUT2D eigenvalue weighted by atomic mass is 10.0. The van der Waals surface area contributed by atoms with Gasteiger partial charge in [-0.1, -0.05) is 6.92 Å². The van der Waals surface area contributed by atoms with Crippen molar-refractivity contribution >= 4 is 11.6 Å². The molecule has 0 saturated heterocycles. The summed E-state index contributed by atoms with van der Waals surface area (Å²) in [5, 5.41) is 2.88. The van der Waals surface area contributed by atoms with Gasteiger partial charge >= 0.3 is 0 Å². The maximum absolute atomic E-state index is 12.3. The number of rotatable bonds is 10. The van der Waals surface area contributed by atoms with Crippen molar-refractivity contribution in [3.05, 3.63) is 24.3 Å². The Morgan fingerprint density at radius 1 is 1.09 bits per heavy atom. The van der Waals surface area contributed by atoms with Crippen LogP contribution in [0, 0.1) is 0 Å². The zero-order chi connectivity index (χ0) is 16.4. The van der Waals surface area contributed by atoms with Crippen molar-refractivity contribution < 1.29 is 19.0 Å². The second kappa shape index (κ2) is 9.43. The maximum Gasteiger partial charge on any atom is 0.256 e. The van der Waals surface area contributed by atoms with E-state index in [-0.39, 0.29) is 5.91 Å². The molecule has 0 bridgehead atoms. The number of anilines is 1. The molecule has 0 aliphatic carbocycles. The molecule has 0 radical (unpaired) electrons. The third-order valence-electron chi connectivity index (χ3n) is 3.43. The lowest BCUT2D eigenvalue weighted by Crippen LogP contribution is -2.42. The molecule has 1 amide bonds. The average molecular weight is 309 g/mol. The maximum atomic E-state index is 12.3. The van der Waals surface area contributed by atoms with E-state index in [1.807, 2.05) is 45.0 Å². The first kappa shape index (κ1) is 18.5. The van der Waals surface area contributed by atoms with Crippen LogP contribution in [0.25, 0.3) is 0 Å². The lowest BCUT2D eigenvalue weighted by molar-refractivity contribution is -0.139. The summed E-state index contributed by atoms with van der Waals surface area (Å²) < 4.78 is 16.3. The number of carbonyl (C=O) groups excluding carboxylic acids is 1. The van der Waals surface area contributed by atoms with Crippen LogP contribution in [0.4, 0.5) is 5.69 Å². The van der Waals surface area contributed by atoms with Crippen LogP contribution in [0.5, 0.6) is 5.75 Å². The number of benzene rings is 1. The topological polar surface area (TPSA) is 56.8 Å². The van der Waals surface area contributed by atoms with Crippen LogP contribution in [0.1, 0.15) is 34.1 Å². The normalized spacial score (nSPS) is 13.5. The van der Waals surface area contributed by atoms with Crippen molar-refractivity contribution in [2.24, 2.45) is 0 Å². The van der Waals surface area contributed by atoms with Gasteiger partial charge in [-0.05, 0) is 51.5 Å². The van der Waals surface area contributed by atoms with Crippen molar-refractivity contribution in [3.8, 4) is 5.75 Å². The van der Waals surface area contributed by atoms with Gasteiger partial charge in [-0.15, -0.1) is 0 Å². The smallest absolute Gasteiger partial charge is 0.256 e. The van der Waals surface area contributed by atoms with Crippen molar-refractivity contribution in [2.75, 3.05) is 31.7 Å². The fourth-order valence-corrected chi connectivity index (χ4v) is 1.91. The SMILES string of the molecule is CCOCCOc1ccc(NC(=O)[C@@](C)(CC)OCC)cc1. The predicted octanol–water partition coefficient (Wildman–Crippen LogP) is 3.25. The van der Waals surface area contributed by atoms with Crippen LogP contribution >= 0.6 is 0 Å². The van der Waals surface area contributed by atoms with Gasteiger partial charge in [-0.2, -0.15) is 0 Å². The number of hydrogen-bond acceptors (Lipinski definition) is 4. The summed E-state index contributed by atoms with van der Waals surface area (Å²) in [5.41, 5.74) is -0.0805. The number of carbonyl (C=O) groups is 1. The Morgan fingerprint density at radius 2 is 1.77 bits per heavy atom. The van der Waals surface area contributed by atoms with Crippen molar-refractivity contribution in [3.63, 3.8) is 0 Å². The second-order valence-corrected chi connectivity index (χ2v) is 5.04. The molecule has 5 nitrogen and oxygen atoms in total. The fraction of sp³-hybridized carbons (Fsp3) is 0.588. The second-order valence-electron chi connectivity index (χ2n) is 5.04. The van der Waals surface area contributed by atoms with Gasteiger partial charge in [0.15, 0.2) is 0 Å². The van der Waals surface area contributed by atoms with Gasteiger partial charge in [-0.25, -0.2) is 0 Å². The lowest BCUT2D eigenvalue weighted by Gasteiger charge is -2.26. The highest BCUT2D eigenvalue weighted by atomic mass is 16.5. The highest BCUT2D eigenvalue weighted by Crippen LogP contribution is 2.20. The molecular formula is C17H27NO4. The first-order valence-electron chi connectivity index (χ1n) is 7.81. The van der Waals surface area contributed by atoms with Crippen molar-refractivity contribution in [2.45, 2.75) is 39.7 Å². The monoisotopic (exact) mass is 309 g/mol. The number of hydrogen-bond donors (Lipinski definition) is 1. The molecule has 0 saturated carbocycles. The summed E-state index contributed by atoms with van der Waals surface area (Å²) in [5.74, 6) is 0.614. The summed E-state index contributed by atoms with van der Waals surface area (Å²) >= 11 is 0. The number of nitrogens with one attached hydrogen (secondary N) is 1. The summed E-state index contributed by atoms with van der Waals surface area (Å²) in [6.45, 7) is 9.84. The molecule has 1 N–H and O–H groups in total. The van der Waals surface area contributed by atoms with E-state index >= 15 is 0 Å². The molecule has 0 heterocycles. The van der Waals surface area contributed by atoms with Crippen LogP contribution in [-0.2, 0) is 14.3 Å². The third kappa shape index (κ3) is 5.66. The quantitative estimate of drug-likeness (QED) is 0.674. The van der Waals surface area contributed by atoms with Crippen LogP contribution < -0.4 is 10.1 Å². The van der Waals surface area contributed by atoms with E-state index in [2.05, 4.69) is 5.32 Å². The summed E-state index contributed by atoms with van der Waals surface area (Å²) in [4.78, 5) is 12.3. The largest absolute Gasteiger partial charge is 0.491 e. The Balaban J connectivity index is 2.54. The number of amides is 1. The molecule has 0 fully saturated rings. The minimum atomic E-state index is -0.804. The zero-order valence-electron chi connectivity index (χ0n) is 14.0. The first-order chi connectivity index (χ1) is 10.6. The Morgan fingerprint density at radius 3 is 2.32 bits per heavy atom. The Hall–Kier alpha value is -1.59. The fourth-order valence-electron chi connectivity index (χ4n) is 1.91. The molecule has 22 heavy (non-hydrogen) atoms. The summed E-state index contributed by atoms with van der Waals surface area (Å²) in [7, 11) is 0. The molecule has 1 rings (SSSR count). The average Bonchev–Trinajstić information content (AvgIpc) is 2.53. The van der Waals surface area contributed by atoms with E-state index in [9.17, 15) is 4.79 Å². The third-order valence-corrected chi connectivity index (χ3v) is 3.43. The number of ether oxygens (including phenoxy) is 3. The van der Waals surface area contributed by atoms with Crippen LogP contribution in [0.2, 0.25) is 0 Å². The molecule has 0 aliphatic rings. The van der Waals surface area contributed by atoms with Gasteiger partial charge in [-0.3, -0.25) is 4.79 Å². The van der Waals surface area contributed by atoms with Crippen LogP contribution in [0.3, 0.4) is 0 Å². The highest BCUT2D eigenvalue weighted by molar-refractivity contribution is 5.97. The van der Waals surface area contributed by atoms with Gasteiger partial charge in [0.1, 0.15) is 18.0 Å². The predicted molar refractivity (Wildman–Crippen MR) is 87.4 cm³/mol. The minimum Gasteiger partial charge on any atom is -0.491 e. The molecule has 1 atom stereocenters. The first-order valence-corrected chi connectivity index (χ1v) is 7.81. The highest BCUT2D eigenvalue weighted by Gasteiger charge is 2.31. The molecule has 5 heteroatoms. The molecule has 1 aromatic rings. The zero-order valence-corrected chi connectivity index (χ0v) is 14.0. The van der Waals surface area contributed by atoms with Crippen molar-refractivity contribution in [1.29, 1.82) is 0 Å². The standard InChI is InChI=1S/C17H27NO4/c1-5-17(4,22-7-3)16(19)18-14-8-10-15(11-9-14)21-13-12-20-6-2/h8-11H,5-7,12-13H2,1-4H3,(H,18,19)/t17-/m1/s1.